The molecule has 0 fully saturated rings. The van der Waals surface area contributed by atoms with Crippen molar-refractivity contribution >= 4 is 11.6 Å². The maximum Gasteiger partial charge on any atom is 0.311 e. The van der Waals surface area contributed by atoms with E-state index < -0.39 is 10.8 Å². The fourth-order valence-corrected chi connectivity index (χ4v) is 1.92. The molecule has 0 unspecified atom stereocenters. The molecule has 8 heteroatoms. The van der Waals surface area contributed by atoms with Crippen LogP contribution in [0.5, 0.6) is 5.75 Å². The van der Waals surface area contributed by atoms with Crippen LogP contribution in [0.15, 0.2) is 30.5 Å². The summed E-state index contributed by atoms with van der Waals surface area (Å²) in [6.45, 7) is 2.97. The number of hydrogen-bond donors (Lipinski definition) is 1. The van der Waals surface area contributed by atoms with Crippen LogP contribution < -0.4 is 10.1 Å². The van der Waals surface area contributed by atoms with Crippen molar-refractivity contribution in [3.63, 3.8) is 0 Å². The molecule has 116 valence electrons. The molecule has 1 aromatic heterocycles. The molecule has 0 atom stereocenters. The van der Waals surface area contributed by atoms with Crippen LogP contribution in [-0.4, -0.2) is 27.7 Å². The molecule has 1 heterocycles. The van der Waals surface area contributed by atoms with E-state index in [1.165, 1.54) is 25.3 Å². The molecule has 2 aromatic rings. The Morgan fingerprint density at radius 3 is 2.82 bits per heavy atom. The van der Waals surface area contributed by atoms with E-state index in [0.717, 1.165) is 12.2 Å². The predicted octanol–water partition coefficient (Wildman–Crippen LogP) is 1.75. The van der Waals surface area contributed by atoms with Gasteiger partial charge >= 0.3 is 5.69 Å². The Balaban J connectivity index is 2.09. The second kappa shape index (κ2) is 6.70. The van der Waals surface area contributed by atoms with E-state index >= 15 is 0 Å². The number of aryl methyl sites for hydroxylation is 1. The van der Waals surface area contributed by atoms with E-state index in [1.807, 2.05) is 13.1 Å². The van der Waals surface area contributed by atoms with Crippen molar-refractivity contribution in [1.29, 1.82) is 0 Å². The predicted molar refractivity (Wildman–Crippen MR) is 78.7 cm³/mol. The van der Waals surface area contributed by atoms with Gasteiger partial charge < -0.3 is 10.1 Å². The molecule has 0 spiro atoms. The van der Waals surface area contributed by atoms with Crippen molar-refractivity contribution in [1.82, 2.24) is 15.1 Å². The molecule has 0 bridgehead atoms. The van der Waals surface area contributed by atoms with Gasteiger partial charge in [-0.15, -0.1) is 0 Å². The summed E-state index contributed by atoms with van der Waals surface area (Å²) in [5.74, 6) is -0.292. The first-order valence-electron chi connectivity index (χ1n) is 6.68. The highest BCUT2D eigenvalue weighted by Crippen LogP contribution is 2.27. The lowest BCUT2D eigenvalue weighted by Gasteiger charge is -2.06. The van der Waals surface area contributed by atoms with Gasteiger partial charge in [-0.25, -0.2) is 0 Å². The van der Waals surface area contributed by atoms with E-state index in [4.69, 9.17) is 4.74 Å². The largest absolute Gasteiger partial charge is 0.490 e. The molecule has 0 aliphatic carbocycles. The number of hydrogen-bond acceptors (Lipinski definition) is 5. The first-order valence-corrected chi connectivity index (χ1v) is 6.68. The smallest absolute Gasteiger partial charge is 0.311 e. The van der Waals surface area contributed by atoms with E-state index in [2.05, 4.69) is 10.4 Å². The van der Waals surface area contributed by atoms with Gasteiger partial charge in [0, 0.05) is 24.4 Å². The molecule has 1 aromatic carbocycles. The van der Waals surface area contributed by atoms with Crippen LogP contribution in [0.2, 0.25) is 0 Å². The third kappa shape index (κ3) is 3.40. The van der Waals surface area contributed by atoms with Gasteiger partial charge in [-0.3, -0.25) is 19.6 Å². The minimum Gasteiger partial charge on any atom is -0.490 e. The lowest BCUT2D eigenvalue weighted by Crippen LogP contribution is -2.23. The van der Waals surface area contributed by atoms with Crippen molar-refractivity contribution in [2.24, 2.45) is 0 Å². The second-order valence-electron chi connectivity index (χ2n) is 4.49. The van der Waals surface area contributed by atoms with Crippen LogP contribution in [0, 0.1) is 10.1 Å². The third-order valence-corrected chi connectivity index (χ3v) is 3.09. The van der Waals surface area contributed by atoms with E-state index in [0.29, 0.717) is 0 Å². The Hall–Kier alpha value is -2.90. The number of carbonyl (C=O) groups is 1. The van der Waals surface area contributed by atoms with Crippen molar-refractivity contribution < 1.29 is 14.5 Å². The standard InChI is InChI=1S/C14H16N4O4/c1-3-17-7-6-11(16-17)9-15-14(19)10-4-5-13(22-2)12(8-10)18(20)21/h4-8H,3,9H2,1-2H3,(H,15,19). The molecule has 0 saturated carbocycles. The number of amides is 1. The van der Waals surface area contributed by atoms with Crippen LogP contribution in [0.25, 0.3) is 0 Å². The zero-order valence-electron chi connectivity index (χ0n) is 12.3. The second-order valence-corrected chi connectivity index (χ2v) is 4.49. The van der Waals surface area contributed by atoms with Crippen molar-refractivity contribution in [3.8, 4) is 5.75 Å². The van der Waals surface area contributed by atoms with Gasteiger partial charge in [-0.1, -0.05) is 0 Å². The van der Waals surface area contributed by atoms with Crippen molar-refractivity contribution in [2.45, 2.75) is 20.0 Å². The average Bonchev–Trinajstić information content (AvgIpc) is 2.99. The summed E-state index contributed by atoms with van der Waals surface area (Å²) >= 11 is 0. The number of nitro groups is 1. The van der Waals surface area contributed by atoms with Gasteiger partial charge in [0.15, 0.2) is 5.75 Å². The van der Waals surface area contributed by atoms with Gasteiger partial charge in [0.05, 0.1) is 24.3 Å². The molecule has 8 nitrogen and oxygen atoms in total. The lowest BCUT2D eigenvalue weighted by atomic mass is 10.1. The minimum absolute atomic E-state index is 0.114. The summed E-state index contributed by atoms with van der Waals surface area (Å²) in [5, 5.41) is 17.9. The molecule has 2 rings (SSSR count). The molecule has 1 N–H and O–H groups in total. The minimum atomic E-state index is -0.585. The summed E-state index contributed by atoms with van der Waals surface area (Å²) in [6.07, 6.45) is 1.82. The molecule has 22 heavy (non-hydrogen) atoms. The summed E-state index contributed by atoms with van der Waals surface area (Å²) in [7, 11) is 1.34. The maximum absolute atomic E-state index is 12.1. The fourth-order valence-electron chi connectivity index (χ4n) is 1.92. The Morgan fingerprint density at radius 2 is 2.23 bits per heavy atom. The van der Waals surface area contributed by atoms with Crippen molar-refractivity contribution in [3.05, 3.63) is 51.8 Å². The molecule has 0 radical (unpaired) electrons. The first-order chi connectivity index (χ1) is 10.5. The van der Waals surface area contributed by atoms with Gasteiger partial charge in [-0.2, -0.15) is 5.10 Å². The monoisotopic (exact) mass is 304 g/mol. The number of benzene rings is 1. The highest BCUT2D eigenvalue weighted by Gasteiger charge is 2.18. The zero-order valence-corrected chi connectivity index (χ0v) is 12.3. The molecule has 0 saturated heterocycles. The molecular weight excluding hydrogens is 288 g/mol. The zero-order chi connectivity index (χ0) is 16.1. The number of rotatable bonds is 6. The Morgan fingerprint density at radius 1 is 1.45 bits per heavy atom. The van der Waals surface area contributed by atoms with E-state index in [9.17, 15) is 14.9 Å². The fraction of sp³-hybridized carbons (Fsp3) is 0.286. The number of nitrogens with zero attached hydrogens (tertiary/aromatic N) is 3. The normalized spacial score (nSPS) is 10.3. The number of aromatic nitrogens is 2. The van der Waals surface area contributed by atoms with Crippen LogP contribution in [0.4, 0.5) is 5.69 Å². The average molecular weight is 304 g/mol. The highest BCUT2D eigenvalue weighted by atomic mass is 16.6. The summed E-state index contributed by atoms with van der Waals surface area (Å²) in [4.78, 5) is 22.4. The molecule has 0 aliphatic heterocycles. The van der Waals surface area contributed by atoms with Crippen LogP contribution in [-0.2, 0) is 13.1 Å². The highest BCUT2D eigenvalue weighted by molar-refractivity contribution is 5.95. The van der Waals surface area contributed by atoms with Crippen LogP contribution in [0.3, 0.4) is 0 Å². The number of carbonyl (C=O) groups excluding carboxylic acids is 1. The van der Waals surface area contributed by atoms with Crippen LogP contribution in [0.1, 0.15) is 23.0 Å². The number of methoxy groups -OCH3 is 1. The summed E-state index contributed by atoms with van der Waals surface area (Å²) in [6, 6.07) is 5.88. The SMILES string of the molecule is CCn1ccc(CNC(=O)c2ccc(OC)c([N+](=O)[O-])c2)n1. The Kier molecular flexibility index (Phi) is 4.72. The van der Waals surface area contributed by atoms with Gasteiger partial charge in [0.25, 0.3) is 5.91 Å². The molecule has 1 amide bonds. The maximum atomic E-state index is 12.1. The molecular formula is C14H16N4O4. The van der Waals surface area contributed by atoms with Gasteiger partial charge in [0.1, 0.15) is 0 Å². The molecule has 0 aliphatic rings. The number of nitrogens with one attached hydrogen (secondary N) is 1. The van der Waals surface area contributed by atoms with E-state index in [1.54, 1.807) is 10.7 Å². The topological polar surface area (TPSA) is 99.3 Å². The third-order valence-electron chi connectivity index (χ3n) is 3.09. The van der Waals surface area contributed by atoms with Crippen LogP contribution >= 0.6 is 0 Å². The number of nitro benzene ring substituents is 1. The first kappa shape index (κ1) is 15.5. The summed E-state index contributed by atoms with van der Waals surface area (Å²) in [5.41, 5.74) is 0.672. The van der Waals surface area contributed by atoms with Gasteiger partial charge in [-0.05, 0) is 25.1 Å². The van der Waals surface area contributed by atoms with Gasteiger partial charge in [0.2, 0.25) is 0 Å². The lowest BCUT2D eigenvalue weighted by molar-refractivity contribution is -0.385. The quantitative estimate of drug-likeness (QED) is 0.647. The summed E-state index contributed by atoms with van der Waals surface area (Å²) < 4.78 is 6.65. The van der Waals surface area contributed by atoms with Crippen molar-refractivity contribution in [2.75, 3.05) is 7.11 Å². The number of ether oxygens (including phenoxy) is 1. The Bertz CT molecular complexity index is 696. The Labute approximate surface area is 126 Å². The van der Waals surface area contributed by atoms with E-state index in [-0.39, 0.29) is 23.5 Å².